The molecule has 6 nitrogen and oxygen atoms in total. The smallest absolute Gasteiger partial charge is 0.274 e. The van der Waals surface area contributed by atoms with Crippen LogP contribution in [0.15, 0.2) is 36.7 Å². The van der Waals surface area contributed by atoms with E-state index in [2.05, 4.69) is 34.4 Å². The van der Waals surface area contributed by atoms with Crippen molar-refractivity contribution in [3.05, 3.63) is 42.4 Å². The van der Waals surface area contributed by atoms with Crippen LogP contribution in [0.2, 0.25) is 0 Å². The van der Waals surface area contributed by atoms with Crippen LogP contribution in [0.25, 0.3) is 0 Å². The van der Waals surface area contributed by atoms with Crippen molar-refractivity contribution in [3.63, 3.8) is 0 Å². The molecule has 2 N–H and O–H groups in total. The molecule has 0 unspecified atom stereocenters. The molecule has 6 heteroatoms. The van der Waals surface area contributed by atoms with E-state index in [1.165, 1.54) is 6.33 Å². The van der Waals surface area contributed by atoms with E-state index in [1.54, 1.807) is 37.4 Å². The lowest BCUT2D eigenvalue weighted by Crippen LogP contribution is -2.15. The number of rotatable bonds is 6. The quantitative estimate of drug-likeness (QED) is 0.858. The lowest BCUT2D eigenvalue weighted by atomic mass is 10.2. The molecule has 0 saturated carbocycles. The first-order valence-electron chi connectivity index (χ1n) is 7.10. The number of methoxy groups -OCH3 is 1. The molecule has 0 aliphatic heterocycles. The van der Waals surface area contributed by atoms with E-state index in [9.17, 15) is 4.79 Å². The zero-order chi connectivity index (χ0) is 15.9. The number of hydrogen-bond donors (Lipinski definition) is 2. The lowest BCUT2D eigenvalue weighted by Gasteiger charge is -2.09. The molecule has 0 aliphatic rings. The Labute approximate surface area is 129 Å². The summed E-state index contributed by atoms with van der Waals surface area (Å²) in [5.41, 5.74) is 0.998. The Balaban J connectivity index is 2.03. The molecule has 22 heavy (non-hydrogen) atoms. The first kappa shape index (κ1) is 15.8. The molecule has 1 aromatic heterocycles. The molecule has 0 atom stereocenters. The minimum atomic E-state index is -0.278. The normalized spacial score (nSPS) is 10.4. The van der Waals surface area contributed by atoms with E-state index in [0.29, 0.717) is 23.1 Å². The second kappa shape index (κ2) is 7.40. The minimum Gasteiger partial charge on any atom is -0.497 e. The van der Waals surface area contributed by atoms with Crippen molar-refractivity contribution in [2.45, 2.75) is 13.8 Å². The zero-order valence-corrected chi connectivity index (χ0v) is 13.0. The first-order chi connectivity index (χ1) is 10.6. The Morgan fingerprint density at radius 3 is 2.59 bits per heavy atom. The average Bonchev–Trinajstić information content (AvgIpc) is 2.54. The van der Waals surface area contributed by atoms with Crippen LogP contribution in [-0.4, -0.2) is 29.5 Å². The second-order valence-corrected chi connectivity index (χ2v) is 5.25. The van der Waals surface area contributed by atoms with E-state index < -0.39 is 0 Å². The maximum Gasteiger partial charge on any atom is 0.274 e. The van der Waals surface area contributed by atoms with Gasteiger partial charge < -0.3 is 15.4 Å². The number of amides is 1. The van der Waals surface area contributed by atoms with Gasteiger partial charge in [0.25, 0.3) is 5.91 Å². The zero-order valence-electron chi connectivity index (χ0n) is 13.0. The number of anilines is 2. The topological polar surface area (TPSA) is 76.1 Å². The van der Waals surface area contributed by atoms with Crippen molar-refractivity contribution in [3.8, 4) is 5.75 Å². The van der Waals surface area contributed by atoms with Crippen LogP contribution >= 0.6 is 0 Å². The summed E-state index contributed by atoms with van der Waals surface area (Å²) in [6.45, 7) is 4.99. The van der Waals surface area contributed by atoms with Gasteiger partial charge in [-0.15, -0.1) is 0 Å². The monoisotopic (exact) mass is 300 g/mol. The molecule has 2 rings (SSSR count). The molecule has 1 heterocycles. The Kier molecular flexibility index (Phi) is 5.30. The van der Waals surface area contributed by atoms with Gasteiger partial charge in [0.2, 0.25) is 0 Å². The standard InChI is InChI=1S/C16H20N4O2/c1-11(2)9-17-15-8-14(18-10-19-15)16(21)20-12-4-6-13(22-3)7-5-12/h4-8,10-11H,9H2,1-3H3,(H,20,21)(H,17,18,19). The van der Waals surface area contributed by atoms with E-state index in [4.69, 9.17) is 4.74 Å². The number of carbonyl (C=O) groups is 1. The van der Waals surface area contributed by atoms with E-state index in [-0.39, 0.29) is 5.91 Å². The molecule has 0 fully saturated rings. The van der Waals surface area contributed by atoms with Gasteiger partial charge in [-0.3, -0.25) is 4.79 Å². The fourth-order valence-electron chi connectivity index (χ4n) is 1.76. The summed E-state index contributed by atoms with van der Waals surface area (Å²) in [6.07, 6.45) is 1.38. The van der Waals surface area contributed by atoms with E-state index in [1.807, 2.05) is 0 Å². The Morgan fingerprint density at radius 1 is 1.23 bits per heavy atom. The highest BCUT2D eigenvalue weighted by Crippen LogP contribution is 2.16. The van der Waals surface area contributed by atoms with Crippen molar-refractivity contribution in [2.75, 3.05) is 24.3 Å². The molecule has 1 amide bonds. The third-order valence-corrected chi connectivity index (χ3v) is 2.94. The van der Waals surface area contributed by atoms with Crippen molar-refractivity contribution in [1.82, 2.24) is 9.97 Å². The first-order valence-corrected chi connectivity index (χ1v) is 7.10. The number of nitrogens with one attached hydrogen (secondary N) is 2. The third-order valence-electron chi connectivity index (χ3n) is 2.94. The molecule has 0 bridgehead atoms. The largest absolute Gasteiger partial charge is 0.497 e. The van der Waals surface area contributed by atoms with Gasteiger partial charge in [-0.1, -0.05) is 13.8 Å². The molecule has 0 radical (unpaired) electrons. The molecule has 2 aromatic rings. The van der Waals surface area contributed by atoms with E-state index in [0.717, 1.165) is 12.3 Å². The van der Waals surface area contributed by atoms with Crippen LogP contribution in [0.5, 0.6) is 5.75 Å². The number of hydrogen-bond acceptors (Lipinski definition) is 5. The summed E-state index contributed by atoms with van der Waals surface area (Å²) in [5.74, 6) is 1.59. The SMILES string of the molecule is COc1ccc(NC(=O)c2cc(NCC(C)C)ncn2)cc1. The van der Waals surface area contributed by atoms with Crippen LogP contribution in [-0.2, 0) is 0 Å². The predicted molar refractivity (Wildman–Crippen MR) is 86.3 cm³/mol. The van der Waals surface area contributed by atoms with Crippen molar-refractivity contribution < 1.29 is 9.53 Å². The Morgan fingerprint density at radius 2 is 1.95 bits per heavy atom. The number of carbonyl (C=O) groups excluding carboxylic acids is 1. The average molecular weight is 300 g/mol. The van der Waals surface area contributed by atoms with Crippen molar-refractivity contribution >= 4 is 17.4 Å². The summed E-state index contributed by atoms with van der Waals surface area (Å²) in [4.78, 5) is 20.3. The molecular formula is C16H20N4O2. The van der Waals surface area contributed by atoms with Crippen LogP contribution < -0.4 is 15.4 Å². The van der Waals surface area contributed by atoms with Crippen LogP contribution in [0.4, 0.5) is 11.5 Å². The van der Waals surface area contributed by atoms with Gasteiger partial charge in [-0.25, -0.2) is 9.97 Å². The summed E-state index contributed by atoms with van der Waals surface area (Å²) in [7, 11) is 1.60. The van der Waals surface area contributed by atoms with Crippen LogP contribution in [0.3, 0.4) is 0 Å². The van der Waals surface area contributed by atoms with Crippen molar-refractivity contribution in [2.24, 2.45) is 5.92 Å². The van der Waals surface area contributed by atoms with Gasteiger partial charge in [0.15, 0.2) is 0 Å². The van der Waals surface area contributed by atoms with E-state index >= 15 is 0 Å². The number of benzene rings is 1. The second-order valence-electron chi connectivity index (χ2n) is 5.25. The van der Waals surface area contributed by atoms with Gasteiger partial charge in [0.05, 0.1) is 7.11 Å². The molecule has 0 aliphatic carbocycles. The number of ether oxygens (including phenoxy) is 1. The van der Waals surface area contributed by atoms with Gasteiger partial charge in [-0.2, -0.15) is 0 Å². The molecule has 116 valence electrons. The minimum absolute atomic E-state index is 0.278. The maximum absolute atomic E-state index is 12.2. The van der Waals surface area contributed by atoms with Gasteiger partial charge in [0, 0.05) is 18.3 Å². The fourth-order valence-corrected chi connectivity index (χ4v) is 1.76. The predicted octanol–water partition coefficient (Wildman–Crippen LogP) is 2.81. The molecule has 0 spiro atoms. The molecule has 1 aromatic carbocycles. The summed E-state index contributed by atoms with van der Waals surface area (Å²) in [6, 6.07) is 8.75. The maximum atomic E-state index is 12.2. The van der Waals surface area contributed by atoms with Crippen LogP contribution in [0.1, 0.15) is 24.3 Å². The third kappa shape index (κ3) is 4.44. The highest BCUT2D eigenvalue weighted by molar-refractivity contribution is 6.03. The summed E-state index contributed by atoms with van der Waals surface area (Å²) < 4.78 is 5.08. The fraction of sp³-hybridized carbons (Fsp3) is 0.312. The van der Waals surface area contributed by atoms with Gasteiger partial charge in [0.1, 0.15) is 23.6 Å². The highest BCUT2D eigenvalue weighted by Gasteiger charge is 2.09. The Hall–Kier alpha value is -2.63. The Bertz CT molecular complexity index is 626. The van der Waals surface area contributed by atoms with Crippen LogP contribution in [0, 0.1) is 5.92 Å². The summed E-state index contributed by atoms with van der Waals surface area (Å²) in [5, 5.41) is 5.96. The number of aromatic nitrogens is 2. The summed E-state index contributed by atoms with van der Waals surface area (Å²) >= 11 is 0. The van der Waals surface area contributed by atoms with Gasteiger partial charge in [-0.05, 0) is 30.2 Å². The highest BCUT2D eigenvalue weighted by atomic mass is 16.5. The van der Waals surface area contributed by atoms with Crippen molar-refractivity contribution in [1.29, 1.82) is 0 Å². The number of nitrogens with zero attached hydrogens (tertiary/aromatic N) is 2. The van der Waals surface area contributed by atoms with Gasteiger partial charge >= 0.3 is 0 Å². The molecular weight excluding hydrogens is 280 g/mol. The molecule has 0 saturated heterocycles. The lowest BCUT2D eigenvalue weighted by molar-refractivity contribution is 0.102.